The van der Waals surface area contributed by atoms with Gasteiger partial charge in [0, 0.05) is 13.2 Å². The van der Waals surface area contributed by atoms with Crippen LogP contribution in [0.15, 0.2) is 28.4 Å². The number of nitrogens with zero attached hydrogens (tertiary/aromatic N) is 3. The van der Waals surface area contributed by atoms with Crippen LogP contribution in [0, 0.1) is 0 Å². The molecule has 128 valence electrons. The van der Waals surface area contributed by atoms with Crippen LogP contribution < -0.4 is 10.1 Å². The molecule has 0 unspecified atom stereocenters. The van der Waals surface area contributed by atoms with Crippen molar-refractivity contribution in [1.29, 1.82) is 0 Å². The lowest BCUT2D eigenvalue weighted by Gasteiger charge is -2.08. The van der Waals surface area contributed by atoms with E-state index < -0.39 is 12.2 Å². The first-order valence-electron chi connectivity index (χ1n) is 6.68. The predicted octanol–water partition coefficient (Wildman–Crippen LogP) is 2.62. The van der Waals surface area contributed by atoms with Gasteiger partial charge in [0.05, 0.1) is 29.4 Å². The molecule has 2 aromatic heterocycles. The van der Waals surface area contributed by atoms with Crippen molar-refractivity contribution in [2.75, 3.05) is 19.9 Å². The van der Waals surface area contributed by atoms with Crippen LogP contribution in [0.25, 0.3) is 11.0 Å². The van der Waals surface area contributed by atoms with E-state index in [1.165, 1.54) is 19.5 Å². The summed E-state index contributed by atoms with van der Waals surface area (Å²) in [6.45, 7) is 0. The van der Waals surface area contributed by atoms with Gasteiger partial charge >= 0.3 is 0 Å². The minimum absolute atomic E-state index is 0.0109. The van der Waals surface area contributed by atoms with E-state index in [0.29, 0.717) is 11.1 Å². The molecule has 10 heteroatoms. The zero-order chi connectivity index (χ0) is 17.7. The summed E-state index contributed by atoms with van der Waals surface area (Å²) in [5, 5.41) is 3.37. The highest BCUT2D eigenvalue weighted by Gasteiger charge is 2.18. The molecule has 0 spiro atoms. The SMILES string of the molecule is CN/C=C(\S)C(=O)CSc1nc(C(F)F)nc2ncc(OC)cc12. The molecule has 0 saturated heterocycles. The topological polar surface area (TPSA) is 77.0 Å². The van der Waals surface area contributed by atoms with Crippen molar-refractivity contribution in [2.24, 2.45) is 0 Å². The fraction of sp³-hybridized carbons (Fsp3) is 0.286. The molecule has 2 aromatic rings. The van der Waals surface area contributed by atoms with Crippen molar-refractivity contribution < 1.29 is 18.3 Å². The Labute approximate surface area is 146 Å². The molecule has 6 nitrogen and oxygen atoms in total. The molecule has 0 aliphatic carbocycles. The van der Waals surface area contributed by atoms with Gasteiger partial charge in [0.2, 0.25) is 0 Å². The normalized spacial score (nSPS) is 11.8. The number of halogens is 2. The molecule has 0 aliphatic heterocycles. The number of hydrogen-bond donors (Lipinski definition) is 2. The molecule has 2 rings (SSSR count). The fourth-order valence-electron chi connectivity index (χ4n) is 1.73. The van der Waals surface area contributed by atoms with Crippen LogP contribution in [0.2, 0.25) is 0 Å². The number of thiol groups is 1. The maximum absolute atomic E-state index is 13.0. The number of fused-ring (bicyclic) bond motifs is 1. The maximum Gasteiger partial charge on any atom is 0.297 e. The number of ether oxygens (including phenoxy) is 1. The van der Waals surface area contributed by atoms with Gasteiger partial charge in [-0.25, -0.2) is 23.7 Å². The van der Waals surface area contributed by atoms with Gasteiger partial charge in [0.1, 0.15) is 10.8 Å². The first kappa shape index (κ1) is 18.4. The maximum atomic E-state index is 13.0. The molecule has 0 fully saturated rings. The van der Waals surface area contributed by atoms with Gasteiger partial charge in [-0.2, -0.15) is 0 Å². The Kier molecular flexibility index (Phi) is 6.32. The Balaban J connectivity index is 2.38. The van der Waals surface area contributed by atoms with Crippen molar-refractivity contribution >= 4 is 41.2 Å². The minimum atomic E-state index is -2.84. The number of aromatic nitrogens is 3. The van der Waals surface area contributed by atoms with E-state index in [1.807, 2.05) is 0 Å². The largest absolute Gasteiger partial charge is 0.495 e. The molecule has 1 N–H and O–H groups in total. The summed E-state index contributed by atoms with van der Waals surface area (Å²) in [6.07, 6.45) is -0.0109. The monoisotopic (exact) mass is 372 g/mol. The lowest BCUT2D eigenvalue weighted by molar-refractivity contribution is -0.112. The van der Waals surface area contributed by atoms with E-state index in [9.17, 15) is 13.6 Å². The molecule has 0 aromatic carbocycles. The standard InChI is InChI=1S/C14H14F2N4O2S2/c1-17-5-10(23)9(21)6-24-14-8-3-7(22-2)4-18-12(8)19-13(20-14)11(15)16/h3-5,11,17,23H,6H2,1-2H3/b10-5-. The van der Waals surface area contributed by atoms with Crippen LogP contribution in [0.4, 0.5) is 8.78 Å². The summed E-state index contributed by atoms with van der Waals surface area (Å²) in [7, 11) is 3.10. The molecule has 0 aliphatic rings. The van der Waals surface area contributed by atoms with Gasteiger partial charge in [-0.1, -0.05) is 11.8 Å². The number of thioether (sulfide) groups is 1. The highest BCUT2D eigenvalue weighted by Crippen LogP contribution is 2.29. The van der Waals surface area contributed by atoms with E-state index in [0.717, 1.165) is 11.8 Å². The molecular weight excluding hydrogens is 358 g/mol. The number of rotatable bonds is 7. The van der Waals surface area contributed by atoms with Crippen LogP contribution >= 0.6 is 24.4 Å². The fourth-order valence-corrected chi connectivity index (χ4v) is 2.93. The second kappa shape index (κ2) is 8.25. The number of methoxy groups -OCH3 is 1. The number of carbonyl (C=O) groups excluding carboxylic acids is 1. The molecule has 0 radical (unpaired) electrons. The van der Waals surface area contributed by atoms with Gasteiger partial charge in [-0.15, -0.1) is 12.6 Å². The van der Waals surface area contributed by atoms with Crippen molar-refractivity contribution in [3.8, 4) is 5.75 Å². The van der Waals surface area contributed by atoms with E-state index in [-0.39, 0.29) is 27.1 Å². The number of allylic oxidation sites excluding steroid dienone is 1. The molecule has 0 amide bonds. The molecule has 2 heterocycles. The lowest BCUT2D eigenvalue weighted by Crippen LogP contribution is -2.06. The van der Waals surface area contributed by atoms with E-state index in [4.69, 9.17) is 4.74 Å². The number of nitrogens with one attached hydrogen (secondary N) is 1. The zero-order valence-corrected chi connectivity index (χ0v) is 14.5. The van der Waals surface area contributed by atoms with Crippen molar-refractivity contribution in [3.63, 3.8) is 0 Å². The molecule has 0 saturated carbocycles. The van der Waals surface area contributed by atoms with Gasteiger partial charge in [0.25, 0.3) is 6.43 Å². The first-order chi connectivity index (χ1) is 11.5. The van der Waals surface area contributed by atoms with Crippen LogP contribution in [-0.4, -0.2) is 40.6 Å². The highest BCUT2D eigenvalue weighted by molar-refractivity contribution is 8.00. The summed E-state index contributed by atoms with van der Waals surface area (Å²) in [5.41, 5.74) is 0.118. The van der Waals surface area contributed by atoms with Gasteiger partial charge in [-0.05, 0) is 6.07 Å². The van der Waals surface area contributed by atoms with Crippen LogP contribution in [0.3, 0.4) is 0 Å². The van der Waals surface area contributed by atoms with E-state index in [2.05, 4.69) is 32.9 Å². The Morgan fingerprint density at radius 1 is 1.50 bits per heavy atom. The average molecular weight is 372 g/mol. The molecular formula is C14H14F2N4O2S2. The Bertz CT molecular complexity index is 787. The number of pyridine rings is 1. The Morgan fingerprint density at radius 2 is 2.25 bits per heavy atom. The van der Waals surface area contributed by atoms with Gasteiger partial charge in [0.15, 0.2) is 17.3 Å². The quantitative estimate of drug-likeness (QED) is 0.335. The summed E-state index contributed by atoms with van der Waals surface area (Å²) in [4.78, 5) is 23.8. The minimum Gasteiger partial charge on any atom is -0.495 e. The number of hydrogen-bond acceptors (Lipinski definition) is 8. The number of alkyl halides is 2. The molecule has 0 bridgehead atoms. The number of Topliss-reactive ketones (excluding diaryl/α,β-unsaturated/α-hetero) is 1. The second-order valence-corrected chi connectivity index (χ2v) is 5.91. The Morgan fingerprint density at radius 3 is 2.88 bits per heavy atom. The van der Waals surface area contributed by atoms with Crippen molar-refractivity contribution in [3.05, 3.63) is 29.2 Å². The van der Waals surface area contributed by atoms with Crippen molar-refractivity contribution in [2.45, 2.75) is 11.5 Å². The average Bonchev–Trinajstić information content (AvgIpc) is 2.58. The molecule has 0 atom stereocenters. The first-order valence-corrected chi connectivity index (χ1v) is 8.11. The van der Waals surface area contributed by atoms with Crippen LogP contribution in [-0.2, 0) is 4.79 Å². The summed E-state index contributed by atoms with van der Waals surface area (Å²) in [6, 6.07) is 1.59. The highest BCUT2D eigenvalue weighted by atomic mass is 32.2. The number of carbonyl (C=O) groups is 1. The van der Waals surface area contributed by atoms with Crippen LogP contribution in [0.5, 0.6) is 5.75 Å². The summed E-state index contributed by atoms with van der Waals surface area (Å²) < 4.78 is 31.0. The second-order valence-electron chi connectivity index (χ2n) is 4.46. The van der Waals surface area contributed by atoms with Gasteiger partial charge in [-0.3, -0.25) is 4.79 Å². The lowest BCUT2D eigenvalue weighted by atomic mass is 10.3. The van der Waals surface area contributed by atoms with E-state index in [1.54, 1.807) is 13.1 Å². The zero-order valence-electron chi connectivity index (χ0n) is 12.8. The predicted molar refractivity (Wildman–Crippen MR) is 90.7 cm³/mol. The third kappa shape index (κ3) is 4.32. The third-order valence-electron chi connectivity index (χ3n) is 2.85. The van der Waals surface area contributed by atoms with Gasteiger partial charge < -0.3 is 10.1 Å². The molecule has 24 heavy (non-hydrogen) atoms. The summed E-state index contributed by atoms with van der Waals surface area (Å²) >= 11 is 5.08. The van der Waals surface area contributed by atoms with E-state index >= 15 is 0 Å². The third-order valence-corrected chi connectivity index (χ3v) is 4.22. The van der Waals surface area contributed by atoms with Crippen molar-refractivity contribution in [1.82, 2.24) is 20.3 Å². The van der Waals surface area contributed by atoms with Crippen LogP contribution in [0.1, 0.15) is 12.2 Å². The summed E-state index contributed by atoms with van der Waals surface area (Å²) in [5.74, 6) is -0.469. The number of ketones is 1. The smallest absolute Gasteiger partial charge is 0.297 e. The Hall–Kier alpha value is -1.94.